The summed E-state index contributed by atoms with van der Waals surface area (Å²) >= 11 is 0. The van der Waals surface area contributed by atoms with Crippen molar-refractivity contribution in [2.45, 2.75) is 33.4 Å². The Hall–Kier alpha value is -0.930. The van der Waals surface area contributed by atoms with Crippen LogP contribution < -0.4 is 5.32 Å². The smallest absolute Gasteiger partial charge is 0.0471 e. The molecule has 0 aliphatic carbocycles. The van der Waals surface area contributed by atoms with Gasteiger partial charge < -0.3 is 10.4 Å². The van der Waals surface area contributed by atoms with Gasteiger partial charge in [-0.2, -0.15) is 0 Å². The zero-order chi connectivity index (χ0) is 11.3. The van der Waals surface area contributed by atoms with E-state index in [0.29, 0.717) is 6.04 Å². The second-order valence-corrected chi connectivity index (χ2v) is 4.13. The first kappa shape index (κ1) is 12.1. The molecule has 0 radical (unpaired) electrons. The maximum absolute atomic E-state index is 9.00. The Balaban J connectivity index is 2.47. The first-order valence-electron chi connectivity index (χ1n) is 5.39. The van der Waals surface area contributed by atoms with E-state index in [4.69, 9.17) is 5.11 Å². The molecule has 15 heavy (non-hydrogen) atoms. The summed E-state index contributed by atoms with van der Waals surface area (Å²) < 4.78 is 0. The van der Waals surface area contributed by atoms with E-state index in [2.05, 4.69) is 24.1 Å². The average molecular weight is 208 g/mol. The van der Waals surface area contributed by atoms with Gasteiger partial charge in [0.1, 0.15) is 0 Å². The first-order valence-corrected chi connectivity index (χ1v) is 5.39. The van der Waals surface area contributed by atoms with Gasteiger partial charge in [-0.05, 0) is 37.0 Å². The Morgan fingerprint density at radius 1 is 1.47 bits per heavy atom. The summed E-state index contributed by atoms with van der Waals surface area (Å²) in [6.45, 7) is 7.24. The fourth-order valence-corrected chi connectivity index (χ4v) is 1.31. The zero-order valence-corrected chi connectivity index (χ0v) is 9.70. The Morgan fingerprint density at radius 3 is 2.80 bits per heavy atom. The van der Waals surface area contributed by atoms with Crippen LogP contribution in [-0.2, 0) is 6.54 Å². The van der Waals surface area contributed by atoms with Crippen LogP contribution in [0.1, 0.15) is 25.0 Å². The summed E-state index contributed by atoms with van der Waals surface area (Å²) in [5.74, 6) is 0.280. The Labute approximate surface area is 91.5 Å². The van der Waals surface area contributed by atoms with Crippen LogP contribution >= 0.6 is 0 Å². The standard InChI is InChI=1S/C12H20N2O/c1-9-4-5-13-6-12(9)7-14-11(3)10(2)8-15/h4-6,10-11,14-15H,7-8H2,1-3H3. The third-order valence-corrected chi connectivity index (χ3v) is 2.90. The second-order valence-electron chi connectivity index (χ2n) is 4.13. The molecule has 2 atom stereocenters. The molecule has 1 aromatic heterocycles. The SMILES string of the molecule is Cc1ccncc1CNC(C)C(C)CO. The fraction of sp³-hybridized carbons (Fsp3) is 0.583. The quantitative estimate of drug-likeness (QED) is 0.770. The number of aliphatic hydroxyl groups is 1. The van der Waals surface area contributed by atoms with Crippen molar-refractivity contribution in [1.82, 2.24) is 10.3 Å². The summed E-state index contributed by atoms with van der Waals surface area (Å²) in [5.41, 5.74) is 2.47. The summed E-state index contributed by atoms with van der Waals surface area (Å²) in [5, 5.41) is 12.4. The van der Waals surface area contributed by atoms with Gasteiger partial charge in [0.05, 0.1) is 0 Å². The Bertz CT molecular complexity index is 301. The predicted molar refractivity (Wildman–Crippen MR) is 61.5 cm³/mol. The van der Waals surface area contributed by atoms with Gasteiger partial charge in [-0.25, -0.2) is 0 Å². The molecule has 0 bridgehead atoms. The van der Waals surface area contributed by atoms with Crippen LogP contribution in [0.3, 0.4) is 0 Å². The van der Waals surface area contributed by atoms with E-state index >= 15 is 0 Å². The highest BCUT2D eigenvalue weighted by Gasteiger charge is 2.10. The monoisotopic (exact) mass is 208 g/mol. The van der Waals surface area contributed by atoms with Crippen molar-refractivity contribution in [3.8, 4) is 0 Å². The normalized spacial score (nSPS) is 14.9. The number of hydrogen-bond donors (Lipinski definition) is 2. The van der Waals surface area contributed by atoms with Gasteiger partial charge in [-0.3, -0.25) is 4.98 Å². The van der Waals surface area contributed by atoms with Crippen LogP contribution in [-0.4, -0.2) is 22.7 Å². The number of aromatic nitrogens is 1. The zero-order valence-electron chi connectivity index (χ0n) is 9.70. The molecule has 0 aromatic carbocycles. The molecule has 84 valence electrons. The number of rotatable bonds is 5. The van der Waals surface area contributed by atoms with Gasteiger partial charge >= 0.3 is 0 Å². The predicted octanol–water partition coefficient (Wildman–Crippen LogP) is 1.50. The van der Waals surface area contributed by atoms with Crippen LogP contribution in [0.25, 0.3) is 0 Å². The van der Waals surface area contributed by atoms with Crippen molar-refractivity contribution in [3.05, 3.63) is 29.6 Å². The number of aliphatic hydroxyl groups excluding tert-OH is 1. The second kappa shape index (κ2) is 5.83. The molecule has 2 unspecified atom stereocenters. The van der Waals surface area contributed by atoms with Crippen molar-refractivity contribution < 1.29 is 5.11 Å². The molecule has 2 N–H and O–H groups in total. The van der Waals surface area contributed by atoms with Gasteiger partial charge in [0, 0.05) is 31.6 Å². The lowest BCUT2D eigenvalue weighted by Gasteiger charge is -2.19. The molecule has 3 heteroatoms. The maximum Gasteiger partial charge on any atom is 0.0471 e. The van der Waals surface area contributed by atoms with Crippen molar-refractivity contribution in [2.24, 2.45) is 5.92 Å². The van der Waals surface area contributed by atoms with Gasteiger partial charge in [0.25, 0.3) is 0 Å². The molecule has 0 amide bonds. The van der Waals surface area contributed by atoms with Crippen LogP contribution in [0.2, 0.25) is 0 Å². The van der Waals surface area contributed by atoms with E-state index in [-0.39, 0.29) is 12.5 Å². The van der Waals surface area contributed by atoms with E-state index in [0.717, 1.165) is 6.54 Å². The summed E-state index contributed by atoms with van der Waals surface area (Å²) in [7, 11) is 0. The minimum Gasteiger partial charge on any atom is -0.396 e. The van der Waals surface area contributed by atoms with Gasteiger partial charge in [0.2, 0.25) is 0 Å². The third kappa shape index (κ3) is 3.61. The van der Waals surface area contributed by atoms with Crippen LogP contribution in [0.15, 0.2) is 18.5 Å². The van der Waals surface area contributed by atoms with Gasteiger partial charge in [0.15, 0.2) is 0 Å². The van der Waals surface area contributed by atoms with Crippen LogP contribution in [0, 0.1) is 12.8 Å². The molecule has 1 aromatic rings. The van der Waals surface area contributed by atoms with Gasteiger partial charge in [-0.15, -0.1) is 0 Å². The molecule has 0 fully saturated rings. The molecule has 3 nitrogen and oxygen atoms in total. The number of hydrogen-bond acceptors (Lipinski definition) is 3. The van der Waals surface area contributed by atoms with E-state index < -0.39 is 0 Å². The van der Waals surface area contributed by atoms with Crippen molar-refractivity contribution in [2.75, 3.05) is 6.61 Å². The lowest BCUT2D eigenvalue weighted by Crippen LogP contribution is -2.33. The van der Waals surface area contributed by atoms with E-state index in [1.165, 1.54) is 11.1 Å². The highest BCUT2D eigenvalue weighted by molar-refractivity contribution is 5.21. The minimum atomic E-state index is 0.222. The molecule has 0 saturated heterocycles. The molecular formula is C12H20N2O. The lowest BCUT2D eigenvalue weighted by molar-refractivity contribution is 0.207. The first-order chi connectivity index (χ1) is 7.15. The topological polar surface area (TPSA) is 45.2 Å². The Kier molecular flexibility index (Phi) is 4.72. The van der Waals surface area contributed by atoms with Crippen LogP contribution in [0.4, 0.5) is 0 Å². The molecular weight excluding hydrogens is 188 g/mol. The van der Waals surface area contributed by atoms with Crippen molar-refractivity contribution in [3.63, 3.8) is 0 Å². The van der Waals surface area contributed by atoms with Crippen molar-refractivity contribution in [1.29, 1.82) is 0 Å². The largest absolute Gasteiger partial charge is 0.396 e. The highest BCUT2D eigenvalue weighted by Crippen LogP contribution is 2.06. The fourth-order valence-electron chi connectivity index (χ4n) is 1.31. The molecule has 0 aliphatic rings. The number of nitrogens with one attached hydrogen (secondary N) is 1. The minimum absolute atomic E-state index is 0.222. The van der Waals surface area contributed by atoms with E-state index in [9.17, 15) is 0 Å². The maximum atomic E-state index is 9.00. The molecule has 1 rings (SSSR count). The average Bonchev–Trinajstić information content (AvgIpc) is 2.26. The number of pyridine rings is 1. The summed E-state index contributed by atoms with van der Waals surface area (Å²) in [6.07, 6.45) is 3.69. The molecule has 1 heterocycles. The number of nitrogens with zero attached hydrogens (tertiary/aromatic N) is 1. The molecule has 0 aliphatic heterocycles. The third-order valence-electron chi connectivity index (χ3n) is 2.90. The van der Waals surface area contributed by atoms with Crippen LogP contribution in [0.5, 0.6) is 0 Å². The van der Waals surface area contributed by atoms with E-state index in [1.807, 2.05) is 19.2 Å². The van der Waals surface area contributed by atoms with Gasteiger partial charge in [-0.1, -0.05) is 6.92 Å². The highest BCUT2D eigenvalue weighted by atomic mass is 16.3. The molecule has 0 spiro atoms. The Morgan fingerprint density at radius 2 is 2.20 bits per heavy atom. The van der Waals surface area contributed by atoms with E-state index in [1.54, 1.807) is 6.20 Å². The summed E-state index contributed by atoms with van der Waals surface area (Å²) in [6, 6.07) is 2.33. The number of aryl methyl sites for hydroxylation is 1. The molecule has 0 saturated carbocycles. The van der Waals surface area contributed by atoms with Crippen molar-refractivity contribution >= 4 is 0 Å². The summed E-state index contributed by atoms with van der Waals surface area (Å²) in [4.78, 5) is 4.10. The lowest BCUT2D eigenvalue weighted by atomic mass is 10.0.